The van der Waals surface area contributed by atoms with E-state index in [0.29, 0.717) is 11.7 Å². The molecule has 1 fully saturated rings. The van der Waals surface area contributed by atoms with E-state index in [1.807, 2.05) is 18.2 Å². The van der Waals surface area contributed by atoms with E-state index in [2.05, 4.69) is 10.6 Å². The molecule has 1 aromatic rings. The number of carbonyl (C=O) groups excluding carboxylic acids is 2. The number of benzene rings is 1. The first-order valence-electron chi connectivity index (χ1n) is 8.05. The molecule has 1 aromatic carbocycles. The van der Waals surface area contributed by atoms with Gasteiger partial charge in [-0.2, -0.15) is 0 Å². The lowest BCUT2D eigenvalue weighted by Gasteiger charge is -2.23. The van der Waals surface area contributed by atoms with E-state index in [1.165, 1.54) is 19.9 Å². The fourth-order valence-corrected chi connectivity index (χ4v) is 2.64. The molecule has 2 N–H and O–H groups in total. The fourth-order valence-electron chi connectivity index (χ4n) is 2.64. The van der Waals surface area contributed by atoms with Gasteiger partial charge in [0.2, 0.25) is 5.91 Å². The quantitative estimate of drug-likeness (QED) is 0.589. The highest BCUT2D eigenvalue weighted by Gasteiger charge is 2.17. The van der Waals surface area contributed by atoms with Crippen LogP contribution < -0.4 is 15.5 Å². The van der Waals surface area contributed by atoms with E-state index in [1.54, 1.807) is 6.07 Å². The zero-order chi connectivity index (χ0) is 16.5. The first-order chi connectivity index (χ1) is 11.2. The highest BCUT2D eigenvalue weighted by Crippen LogP contribution is 2.24. The lowest BCUT2D eigenvalue weighted by Crippen LogP contribution is -2.30. The summed E-state index contributed by atoms with van der Waals surface area (Å²) in [6, 6.07) is 7.57. The van der Waals surface area contributed by atoms with Crippen LogP contribution in [-0.2, 0) is 20.9 Å². The normalized spacial score (nSPS) is 17.3. The second kappa shape index (κ2) is 9.15. The highest BCUT2D eigenvalue weighted by molar-refractivity contribution is 5.80. The Morgan fingerprint density at radius 2 is 2.13 bits per heavy atom. The molecule has 1 unspecified atom stereocenters. The number of carbonyl (C=O) groups is 2. The summed E-state index contributed by atoms with van der Waals surface area (Å²) in [5, 5.41) is 5.85. The maximum atomic E-state index is 11.6. The molecular formula is C17H24N2O4. The van der Waals surface area contributed by atoms with Crippen LogP contribution in [0.15, 0.2) is 24.3 Å². The molecule has 0 bridgehead atoms. The predicted octanol–water partition coefficient (Wildman–Crippen LogP) is 1.59. The van der Waals surface area contributed by atoms with Gasteiger partial charge in [-0.05, 0) is 49.9 Å². The zero-order valence-corrected chi connectivity index (χ0v) is 13.5. The number of amides is 1. The Labute approximate surface area is 136 Å². The average Bonchev–Trinajstić information content (AvgIpc) is 2.59. The number of nitrogens with one attached hydrogen (secondary N) is 2. The second-order valence-electron chi connectivity index (χ2n) is 5.74. The van der Waals surface area contributed by atoms with Crippen molar-refractivity contribution < 1.29 is 19.4 Å². The standard InChI is InChI=1S/C17H24N2O4/c1-18-16(20)8-9-17(21)23-22-15-7-3-2-6-14(15)11-13-5-4-10-19-12-13/h2-3,6-7,13,19H,4-5,8-12H2,1H3,(H,18,20). The van der Waals surface area contributed by atoms with Crippen LogP contribution in [0.3, 0.4) is 0 Å². The minimum absolute atomic E-state index is 0.00557. The molecule has 1 aliphatic heterocycles. The molecule has 0 spiro atoms. The van der Waals surface area contributed by atoms with Gasteiger partial charge in [0.05, 0.1) is 6.42 Å². The highest BCUT2D eigenvalue weighted by atomic mass is 17.2. The first kappa shape index (κ1) is 17.3. The third kappa shape index (κ3) is 5.90. The first-order valence-corrected chi connectivity index (χ1v) is 8.05. The molecule has 0 saturated carbocycles. The molecule has 1 atom stereocenters. The Bertz CT molecular complexity index is 527. The van der Waals surface area contributed by atoms with Gasteiger partial charge in [0.15, 0.2) is 5.75 Å². The van der Waals surface area contributed by atoms with E-state index >= 15 is 0 Å². The molecular weight excluding hydrogens is 296 g/mol. The molecule has 23 heavy (non-hydrogen) atoms. The van der Waals surface area contributed by atoms with Gasteiger partial charge < -0.3 is 10.6 Å². The maximum Gasteiger partial charge on any atom is 0.355 e. The molecule has 1 saturated heterocycles. The van der Waals surface area contributed by atoms with Crippen molar-refractivity contribution in [2.75, 3.05) is 20.1 Å². The van der Waals surface area contributed by atoms with Gasteiger partial charge in [0.1, 0.15) is 0 Å². The van der Waals surface area contributed by atoms with E-state index in [9.17, 15) is 9.59 Å². The summed E-state index contributed by atoms with van der Waals surface area (Å²) in [6.07, 6.45) is 3.34. The molecule has 1 heterocycles. The van der Waals surface area contributed by atoms with Gasteiger partial charge in [-0.25, -0.2) is 4.79 Å². The van der Waals surface area contributed by atoms with Crippen LogP contribution in [0, 0.1) is 5.92 Å². The van der Waals surface area contributed by atoms with Crippen molar-refractivity contribution in [3.8, 4) is 5.75 Å². The van der Waals surface area contributed by atoms with Gasteiger partial charge in [-0.1, -0.05) is 18.2 Å². The summed E-state index contributed by atoms with van der Waals surface area (Å²) in [5.74, 6) is 0.374. The molecule has 0 aliphatic carbocycles. The van der Waals surface area contributed by atoms with Crippen molar-refractivity contribution in [3.63, 3.8) is 0 Å². The van der Waals surface area contributed by atoms with E-state index in [4.69, 9.17) is 9.78 Å². The lowest BCUT2D eigenvalue weighted by atomic mass is 9.92. The van der Waals surface area contributed by atoms with Gasteiger partial charge in [-0.15, -0.1) is 0 Å². The predicted molar refractivity (Wildman–Crippen MR) is 85.8 cm³/mol. The average molecular weight is 320 g/mol. The molecule has 2 rings (SSSR count). The zero-order valence-electron chi connectivity index (χ0n) is 13.5. The van der Waals surface area contributed by atoms with Crippen LogP contribution in [0.4, 0.5) is 0 Å². The van der Waals surface area contributed by atoms with Crippen molar-refractivity contribution in [3.05, 3.63) is 29.8 Å². The number of para-hydroxylation sites is 1. The minimum atomic E-state index is -0.553. The number of piperidine rings is 1. The maximum absolute atomic E-state index is 11.6. The van der Waals surface area contributed by atoms with Crippen LogP contribution in [0.2, 0.25) is 0 Å². The minimum Gasteiger partial charge on any atom is -0.359 e. The van der Waals surface area contributed by atoms with Gasteiger partial charge >= 0.3 is 5.97 Å². The van der Waals surface area contributed by atoms with Crippen molar-refractivity contribution in [2.24, 2.45) is 5.92 Å². The van der Waals surface area contributed by atoms with E-state index < -0.39 is 5.97 Å². The molecule has 0 radical (unpaired) electrons. The van der Waals surface area contributed by atoms with Gasteiger partial charge in [0, 0.05) is 13.5 Å². The smallest absolute Gasteiger partial charge is 0.355 e. The van der Waals surface area contributed by atoms with Crippen LogP contribution in [-0.4, -0.2) is 32.0 Å². The topological polar surface area (TPSA) is 76.7 Å². The van der Waals surface area contributed by atoms with Crippen molar-refractivity contribution in [1.82, 2.24) is 10.6 Å². The lowest BCUT2D eigenvalue weighted by molar-refractivity contribution is -0.214. The molecule has 6 nitrogen and oxygen atoms in total. The Morgan fingerprint density at radius 1 is 1.30 bits per heavy atom. The molecule has 6 heteroatoms. The van der Waals surface area contributed by atoms with Crippen molar-refractivity contribution in [2.45, 2.75) is 32.1 Å². The summed E-state index contributed by atoms with van der Waals surface area (Å²) in [6.45, 7) is 2.08. The number of hydrogen-bond donors (Lipinski definition) is 2. The fraction of sp³-hybridized carbons (Fsp3) is 0.529. The van der Waals surface area contributed by atoms with Crippen LogP contribution in [0.1, 0.15) is 31.2 Å². The van der Waals surface area contributed by atoms with Gasteiger partial charge in [0.25, 0.3) is 0 Å². The van der Waals surface area contributed by atoms with Crippen molar-refractivity contribution >= 4 is 11.9 Å². The van der Waals surface area contributed by atoms with Gasteiger partial charge in [-0.3, -0.25) is 14.6 Å². The summed E-state index contributed by atoms with van der Waals surface area (Å²) < 4.78 is 0. The number of rotatable bonds is 7. The molecule has 1 aliphatic rings. The second-order valence-corrected chi connectivity index (χ2v) is 5.74. The van der Waals surface area contributed by atoms with Crippen LogP contribution in [0.25, 0.3) is 0 Å². The third-order valence-corrected chi connectivity index (χ3v) is 3.94. The third-order valence-electron chi connectivity index (χ3n) is 3.94. The van der Waals surface area contributed by atoms with Crippen molar-refractivity contribution in [1.29, 1.82) is 0 Å². The van der Waals surface area contributed by atoms with Crippen LogP contribution in [0.5, 0.6) is 5.75 Å². The van der Waals surface area contributed by atoms with E-state index in [0.717, 1.165) is 25.1 Å². The monoisotopic (exact) mass is 320 g/mol. The summed E-state index contributed by atoms with van der Waals surface area (Å²) in [5.41, 5.74) is 1.03. The Hall–Kier alpha value is -2.08. The largest absolute Gasteiger partial charge is 0.359 e. The van der Waals surface area contributed by atoms with Crippen LogP contribution >= 0.6 is 0 Å². The summed E-state index contributed by atoms with van der Waals surface area (Å²) in [7, 11) is 1.53. The summed E-state index contributed by atoms with van der Waals surface area (Å²) in [4.78, 5) is 32.7. The molecule has 1 amide bonds. The Morgan fingerprint density at radius 3 is 2.87 bits per heavy atom. The SMILES string of the molecule is CNC(=O)CCC(=O)OOc1ccccc1CC1CCCNC1. The number of hydrogen-bond acceptors (Lipinski definition) is 5. The Balaban J connectivity index is 1.84. The van der Waals surface area contributed by atoms with E-state index in [-0.39, 0.29) is 18.7 Å². The Kier molecular flexibility index (Phi) is 6.87. The summed E-state index contributed by atoms with van der Waals surface area (Å²) >= 11 is 0. The molecule has 126 valence electrons. The molecule has 0 aromatic heterocycles.